The Morgan fingerprint density at radius 2 is 1.89 bits per heavy atom. The highest BCUT2D eigenvalue weighted by Gasteiger charge is 2.19. The van der Waals surface area contributed by atoms with Crippen LogP contribution < -0.4 is 10.6 Å². The second kappa shape index (κ2) is 11.4. The zero-order valence-electron chi connectivity index (χ0n) is 21.7. The highest BCUT2D eigenvalue weighted by atomic mass is 16.5. The molecule has 2 N–H and O–H groups in total. The number of imidazole rings is 1. The average Bonchev–Trinajstić information content (AvgIpc) is 3.42. The van der Waals surface area contributed by atoms with E-state index in [0.29, 0.717) is 56.6 Å². The van der Waals surface area contributed by atoms with E-state index >= 15 is 0 Å². The molecule has 1 aliphatic rings. The van der Waals surface area contributed by atoms with E-state index in [0.717, 1.165) is 28.0 Å². The molecular formula is C29H32N6O3. The number of hydrogen-bond donors (Lipinski definition) is 2. The van der Waals surface area contributed by atoms with Crippen molar-refractivity contribution in [3.8, 4) is 11.1 Å². The second-order valence-corrected chi connectivity index (χ2v) is 9.84. The van der Waals surface area contributed by atoms with Crippen LogP contribution in [0.1, 0.15) is 29.8 Å². The fourth-order valence-electron chi connectivity index (χ4n) is 4.39. The molecular weight excluding hydrogens is 480 g/mol. The van der Waals surface area contributed by atoms with Gasteiger partial charge in [0.2, 0.25) is 5.91 Å². The first-order valence-corrected chi connectivity index (χ1v) is 12.9. The Labute approximate surface area is 221 Å². The molecule has 3 aromatic heterocycles. The maximum Gasteiger partial charge on any atom is 0.255 e. The molecule has 38 heavy (non-hydrogen) atoms. The monoisotopic (exact) mass is 512 g/mol. The van der Waals surface area contributed by atoms with E-state index in [1.807, 2.05) is 47.1 Å². The number of carbonyl (C=O) groups excluding carboxylic acids is 2. The van der Waals surface area contributed by atoms with Crippen LogP contribution in [0.25, 0.3) is 16.8 Å². The molecule has 0 saturated carbocycles. The number of anilines is 2. The number of amides is 2. The Morgan fingerprint density at radius 3 is 2.66 bits per heavy atom. The number of fused-ring (bicyclic) bond motifs is 1. The maximum absolute atomic E-state index is 12.7. The summed E-state index contributed by atoms with van der Waals surface area (Å²) in [6, 6.07) is 13.6. The SMILES string of the molecule is CC(C)CNC(=O)Cc1cccc(-c2cc(Nc3ccc(C(=O)N4CCOCC4)cn3)c3nccn3c2)c1. The first-order chi connectivity index (χ1) is 18.5. The van der Waals surface area contributed by atoms with Gasteiger partial charge in [-0.25, -0.2) is 9.97 Å². The highest BCUT2D eigenvalue weighted by molar-refractivity contribution is 5.94. The van der Waals surface area contributed by atoms with Crippen LogP contribution in [0.4, 0.5) is 11.5 Å². The molecule has 1 saturated heterocycles. The summed E-state index contributed by atoms with van der Waals surface area (Å²) in [6.07, 6.45) is 7.59. The van der Waals surface area contributed by atoms with Crippen LogP contribution in [0.3, 0.4) is 0 Å². The van der Waals surface area contributed by atoms with Gasteiger partial charge in [0.25, 0.3) is 5.91 Å². The lowest BCUT2D eigenvalue weighted by Crippen LogP contribution is -2.40. The Morgan fingerprint density at radius 1 is 1.05 bits per heavy atom. The van der Waals surface area contributed by atoms with E-state index in [9.17, 15) is 9.59 Å². The second-order valence-electron chi connectivity index (χ2n) is 9.84. The fourth-order valence-corrected chi connectivity index (χ4v) is 4.39. The van der Waals surface area contributed by atoms with Crippen molar-refractivity contribution in [3.63, 3.8) is 0 Å². The van der Waals surface area contributed by atoms with E-state index in [1.165, 1.54) is 0 Å². The fraction of sp³-hybridized carbons (Fsp3) is 0.310. The molecule has 1 fully saturated rings. The molecule has 0 atom stereocenters. The van der Waals surface area contributed by atoms with E-state index in [-0.39, 0.29) is 11.8 Å². The smallest absolute Gasteiger partial charge is 0.255 e. The van der Waals surface area contributed by atoms with Gasteiger partial charge in [0, 0.05) is 50.0 Å². The third kappa shape index (κ3) is 6.00. The average molecular weight is 513 g/mol. The molecule has 9 nitrogen and oxygen atoms in total. The van der Waals surface area contributed by atoms with Gasteiger partial charge < -0.3 is 24.7 Å². The van der Waals surface area contributed by atoms with Crippen molar-refractivity contribution in [3.05, 3.63) is 78.4 Å². The Hall–Kier alpha value is -4.24. The molecule has 1 aliphatic heterocycles. The van der Waals surface area contributed by atoms with Gasteiger partial charge in [0.1, 0.15) is 5.82 Å². The number of aromatic nitrogens is 3. The number of ether oxygens (including phenoxy) is 1. The molecule has 9 heteroatoms. The minimum absolute atomic E-state index is 0.0184. The Kier molecular flexibility index (Phi) is 7.65. The van der Waals surface area contributed by atoms with Crippen molar-refractivity contribution >= 4 is 29.0 Å². The van der Waals surface area contributed by atoms with E-state index in [4.69, 9.17) is 4.74 Å². The van der Waals surface area contributed by atoms with Gasteiger partial charge in [-0.1, -0.05) is 38.1 Å². The molecule has 2 amide bonds. The molecule has 0 aliphatic carbocycles. The molecule has 0 radical (unpaired) electrons. The number of carbonyl (C=O) groups is 2. The summed E-state index contributed by atoms with van der Waals surface area (Å²) in [5.74, 6) is 1.00. The number of morpholine rings is 1. The summed E-state index contributed by atoms with van der Waals surface area (Å²) in [5, 5.41) is 6.34. The van der Waals surface area contributed by atoms with E-state index < -0.39 is 0 Å². The number of rotatable bonds is 8. The molecule has 0 bridgehead atoms. The zero-order valence-corrected chi connectivity index (χ0v) is 21.7. The van der Waals surface area contributed by atoms with Crippen molar-refractivity contribution in [1.29, 1.82) is 0 Å². The molecule has 1 aromatic carbocycles. The van der Waals surface area contributed by atoms with Crippen LogP contribution in [0.5, 0.6) is 0 Å². The summed E-state index contributed by atoms with van der Waals surface area (Å²) in [4.78, 5) is 35.9. The van der Waals surface area contributed by atoms with Crippen LogP contribution in [-0.4, -0.2) is 63.9 Å². The number of nitrogens with zero attached hydrogens (tertiary/aromatic N) is 4. The van der Waals surface area contributed by atoms with Gasteiger partial charge in [-0.15, -0.1) is 0 Å². The van der Waals surface area contributed by atoms with Crippen molar-refractivity contribution < 1.29 is 14.3 Å². The van der Waals surface area contributed by atoms with Gasteiger partial charge in [-0.05, 0) is 35.2 Å². The Balaban J connectivity index is 1.35. The largest absolute Gasteiger partial charge is 0.378 e. The van der Waals surface area contributed by atoms with Crippen molar-refractivity contribution in [1.82, 2.24) is 24.6 Å². The summed E-state index contributed by atoms with van der Waals surface area (Å²) in [7, 11) is 0. The van der Waals surface area contributed by atoms with Gasteiger partial charge >= 0.3 is 0 Å². The first-order valence-electron chi connectivity index (χ1n) is 12.9. The van der Waals surface area contributed by atoms with Crippen LogP contribution >= 0.6 is 0 Å². The Bertz CT molecular complexity index is 1420. The maximum atomic E-state index is 12.7. The van der Waals surface area contributed by atoms with E-state index in [2.05, 4.69) is 34.4 Å². The summed E-state index contributed by atoms with van der Waals surface area (Å²) >= 11 is 0. The summed E-state index contributed by atoms with van der Waals surface area (Å²) < 4.78 is 7.29. The minimum atomic E-state index is -0.0391. The zero-order chi connectivity index (χ0) is 26.5. The van der Waals surface area contributed by atoms with E-state index in [1.54, 1.807) is 29.4 Å². The standard InChI is InChI=1S/C29H32N6O3/c1-20(2)17-32-27(36)15-21-4-3-5-22(14-21)24-16-25(28-30-8-9-35(28)19-24)33-26-7-6-23(18-31-26)29(37)34-10-12-38-13-11-34/h3-9,14,16,18-20H,10-13,15,17H2,1-2H3,(H,31,33)(H,32,36). The minimum Gasteiger partial charge on any atom is -0.378 e. The van der Waals surface area contributed by atoms with Gasteiger partial charge in [0.15, 0.2) is 5.65 Å². The third-order valence-corrected chi connectivity index (χ3v) is 6.39. The number of hydrogen-bond acceptors (Lipinski definition) is 6. The van der Waals surface area contributed by atoms with Crippen molar-refractivity contribution in [2.24, 2.45) is 5.92 Å². The van der Waals surface area contributed by atoms with Crippen LogP contribution in [0.15, 0.2) is 67.3 Å². The summed E-state index contributed by atoms with van der Waals surface area (Å²) in [5.41, 5.74) is 5.01. The topological polar surface area (TPSA) is 101 Å². The highest BCUT2D eigenvalue weighted by Crippen LogP contribution is 2.28. The predicted molar refractivity (Wildman–Crippen MR) is 146 cm³/mol. The lowest BCUT2D eigenvalue weighted by atomic mass is 10.0. The molecule has 196 valence electrons. The predicted octanol–water partition coefficient (Wildman–Crippen LogP) is 3.93. The van der Waals surface area contributed by atoms with Gasteiger partial charge in [-0.3, -0.25) is 9.59 Å². The first kappa shape index (κ1) is 25.4. The third-order valence-electron chi connectivity index (χ3n) is 6.39. The molecule has 0 spiro atoms. The van der Waals surface area contributed by atoms with Crippen molar-refractivity contribution in [2.45, 2.75) is 20.3 Å². The van der Waals surface area contributed by atoms with Crippen LogP contribution in [-0.2, 0) is 16.0 Å². The number of nitrogens with one attached hydrogen (secondary N) is 2. The lowest BCUT2D eigenvalue weighted by molar-refractivity contribution is -0.120. The molecule has 4 aromatic rings. The van der Waals surface area contributed by atoms with Crippen molar-refractivity contribution in [2.75, 3.05) is 38.2 Å². The normalized spacial score (nSPS) is 13.6. The van der Waals surface area contributed by atoms with Gasteiger partial charge in [0.05, 0.1) is 30.9 Å². The molecule has 4 heterocycles. The number of benzene rings is 1. The quantitative estimate of drug-likeness (QED) is 0.371. The van der Waals surface area contributed by atoms with Crippen LogP contribution in [0.2, 0.25) is 0 Å². The summed E-state index contributed by atoms with van der Waals surface area (Å²) in [6.45, 7) is 7.12. The van der Waals surface area contributed by atoms with Crippen LogP contribution in [0, 0.1) is 5.92 Å². The molecule has 5 rings (SSSR count). The van der Waals surface area contributed by atoms with Gasteiger partial charge in [-0.2, -0.15) is 0 Å². The lowest BCUT2D eigenvalue weighted by Gasteiger charge is -2.26. The number of pyridine rings is 2. The molecule has 0 unspecified atom stereocenters.